The van der Waals surface area contributed by atoms with Crippen molar-refractivity contribution in [3.8, 4) is 17.2 Å². The molecule has 144 valence electrons. The lowest BCUT2D eigenvalue weighted by molar-refractivity contribution is 0.157. The maximum absolute atomic E-state index is 5.70. The Balaban J connectivity index is 1.75. The van der Waals surface area contributed by atoms with E-state index in [9.17, 15) is 0 Å². The highest BCUT2D eigenvalue weighted by Gasteiger charge is 2.34. The van der Waals surface area contributed by atoms with Gasteiger partial charge in [0.2, 0.25) is 0 Å². The second-order valence-corrected chi connectivity index (χ2v) is 7.49. The molecule has 0 fully saturated rings. The van der Waals surface area contributed by atoms with E-state index in [4.69, 9.17) is 14.2 Å². The van der Waals surface area contributed by atoms with Crippen LogP contribution < -0.4 is 14.2 Å². The minimum Gasteiger partial charge on any atom is -0.496 e. The number of ether oxygens (including phenoxy) is 3. The molecule has 4 heteroatoms. The van der Waals surface area contributed by atoms with Crippen LogP contribution in [0.4, 0.5) is 0 Å². The zero-order valence-corrected chi connectivity index (χ0v) is 16.8. The lowest BCUT2D eigenvalue weighted by Gasteiger charge is -2.42. The first-order chi connectivity index (χ1) is 13.2. The number of hydrogen-bond acceptors (Lipinski definition) is 4. The first-order valence-electron chi connectivity index (χ1n) is 9.86. The van der Waals surface area contributed by atoms with Crippen molar-refractivity contribution in [2.24, 2.45) is 0 Å². The van der Waals surface area contributed by atoms with Gasteiger partial charge >= 0.3 is 0 Å². The summed E-state index contributed by atoms with van der Waals surface area (Å²) in [5, 5.41) is 0. The van der Waals surface area contributed by atoms with Gasteiger partial charge in [-0.3, -0.25) is 4.90 Å². The van der Waals surface area contributed by atoms with E-state index in [1.54, 1.807) is 21.3 Å². The monoisotopic (exact) mass is 367 g/mol. The van der Waals surface area contributed by atoms with Gasteiger partial charge in [0.1, 0.15) is 5.75 Å². The summed E-state index contributed by atoms with van der Waals surface area (Å²) in [4.78, 5) is 2.59. The SMILES string of the molecule is CCCc1cc2c(cc1OC)CCN1Cc3c(ccc(OC)c3OC)CC21. The van der Waals surface area contributed by atoms with Crippen molar-refractivity contribution >= 4 is 0 Å². The van der Waals surface area contributed by atoms with Crippen molar-refractivity contribution in [3.05, 3.63) is 52.1 Å². The molecule has 4 rings (SSSR count). The molecule has 0 saturated carbocycles. The van der Waals surface area contributed by atoms with Gasteiger partial charge in [-0.2, -0.15) is 0 Å². The van der Waals surface area contributed by atoms with Crippen LogP contribution in [0.1, 0.15) is 47.2 Å². The maximum Gasteiger partial charge on any atom is 0.165 e. The van der Waals surface area contributed by atoms with Crippen LogP contribution in [0.15, 0.2) is 24.3 Å². The molecule has 1 unspecified atom stereocenters. The molecule has 0 N–H and O–H groups in total. The summed E-state index contributed by atoms with van der Waals surface area (Å²) in [6.45, 7) is 4.20. The Morgan fingerprint density at radius 3 is 2.52 bits per heavy atom. The molecule has 2 aliphatic heterocycles. The Labute approximate surface area is 162 Å². The molecular formula is C23H29NO3. The zero-order chi connectivity index (χ0) is 19.0. The molecule has 2 heterocycles. The summed E-state index contributed by atoms with van der Waals surface area (Å²) < 4.78 is 16.9. The molecule has 0 aliphatic carbocycles. The van der Waals surface area contributed by atoms with Crippen molar-refractivity contribution in [1.82, 2.24) is 4.90 Å². The molecule has 4 nitrogen and oxygen atoms in total. The number of benzene rings is 2. The predicted octanol–water partition coefficient (Wildman–Crippen LogP) is 4.32. The van der Waals surface area contributed by atoms with Crippen molar-refractivity contribution < 1.29 is 14.2 Å². The molecule has 27 heavy (non-hydrogen) atoms. The van der Waals surface area contributed by atoms with E-state index in [-0.39, 0.29) is 0 Å². The Hall–Kier alpha value is -2.20. The van der Waals surface area contributed by atoms with E-state index < -0.39 is 0 Å². The average molecular weight is 367 g/mol. The van der Waals surface area contributed by atoms with Gasteiger partial charge in [-0.25, -0.2) is 0 Å². The van der Waals surface area contributed by atoms with E-state index in [0.717, 1.165) is 56.0 Å². The summed E-state index contributed by atoms with van der Waals surface area (Å²) in [7, 11) is 5.22. The fourth-order valence-electron chi connectivity index (χ4n) is 4.72. The normalized spacial score (nSPS) is 18.3. The number of aryl methyl sites for hydroxylation is 1. The van der Waals surface area contributed by atoms with Crippen LogP contribution in [0.5, 0.6) is 17.2 Å². The average Bonchev–Trinajstić information content (AvgIpc) is 2.71. The first-order valence-corrected chi connectivity index (χ1v) is 9.86. The summed E-state index contributed by atoms with van der Waals surface area (Å²) in [6, 6.07) is 9.36. The molecular weight excluding hydrogens is 338 g/mol. The molecule has 1 atom stereocenters. The Morgan fingerprint density at radius 2 is 1.81 bits per heavy atom. The molecule has 0 amide bonds. The third-order valence-corrected chi connectivity index (χ3v) is 6.05. The third-order valence-electron chi connectivity index (χ3n) is 6.05. The number of methoxy groups -OCH3 is 3. The smallest absolute Gasteiger partial charge is 0.165 e. The van der Waals surface area contributed by atoms with Crippen LogP contribution in [0.2, 0.25) is 0 Å². The summed E-state index contributed by atoms with van der Waals surface area (Å²) >= 11 is 0. The quantitative estimate of drug-likeness (QED) is 0.787. The number of fused-ring (bicyclic) bond motifs is 4. The Kier molecular flexibility index (Phi) is 5.00. The molecule has 0 saturated heterocycles. The van der Waals surface area contributed by atoms with Crippen LogP contribution in [0.3, 0.4) is 0 Å². The van der Waals surface area contributed by atoms with Gasteiger partial charge in [-0.05, 0) is 53.6 Å². The molecule has 0 radical (unpaired) electrons. The van der Waals surface area contributed by atoms with E-state index in [1.807, 2.05) is 6.07 Å². The van der Waals surface area contributed by atoms with Gasteiger partial charge in [-0.1, -0.05) is 25.5 Å². The predicted molar refractivity (Wildman–Crippen MR) is 107 cm³/mol. The van der Waals surface area contributed by atoms with E-state index >= 15 is 0 Å². The van der Waals surface area contributed by atoms with Crippen LogP contribution >= 0.6 is 0 Å². The number of nitrogens with zero attached hydrogens (tertiary/aromatic N) is 1. The maximum atomic E-state index is 5.70. The second-order valence-electron chi connectivity index (χ2n) is 7.49. The molecule has 0 bridgehead atoms. The summed E-state index contributed by atoms with van der Waals surface area (Å²) in [5.74, 6) is 2.76. The topological polar surface area (TPSA) is 30.9 Å². The highest BCUT2D eigenvalue weighted by atomic mass is 16.5. The highest BCUT2D eigenvalue weighted by molar-refractivity contribution is 5.53. The van der Waals surface area contributed by atoms with Crippen LogP contribution in [-0.4, -0.2) is 32.8 Å². The summed E-state index contributed by atoms with van der Waals surface area (Å²) in [5.41, 5.74) is 6.90. The first kappa shape index (κ1) is 18.2. The molecule has 2 aliphatic rings. The molecule has 2 aromatic rings. The Morgan fingerprint density at radius 1 is 1.00 bits per heavy atom. The second kappa shape index (κ2) is 7.43. The highest BCUT2D eigenvalue weighted by Crippen LogP contribution is 2.44. The van der Waals surface area contributed by atoms with E-state index in [2.05, 4.69) is 30.0 Å². The Bertz CT molecular complexity index is 846. The van der Waals surface area contributed by atoms with Crippen LogP contribution in [0, 0.1) is 0 Å². The summed E-state index contributed by atoms with van der Waals surface area (Å²) in [6.07, 6.45) is 4.27. The zero-order valence-electron chi connectivity index (χ0n) is 16.8. The standard InChI is InChI=1S/C23H29NO3/c1-5-6-17-11-18-16(13-22(17)26-3)9-10-24-14-19-15(12-20(18)24)7-8-21(25-2)23(19)27-4/h7-8,11,13,20H,5-6,9-10,12,14H2,1-4H3. The lowest BCUT2D eigenvalue weighted by atomic mass is 9.82. The molecule has 2 aromatic carbocycles. The van der Waals surface area contributed by atoms with Crippen LogP contribution in [0.25, 0.3) is 0 Å². The van der Waals surface area contributed by atoms with Crippen molar-refractivity contribution in [3.63, 3.8) is 0 Å². The van der Waals surface area contributed by atoms with Crippen LogP contribution in [-0.2, 0) is 25.8 Å². The van der Waals surface area contributed by atoms with Crippen molar-refractivity contribution in [1.29, 1.82) is 0 Å². The van der Waals surface area contributed by atoms with Gasteiger partial charge in [0, 0.05) is 24.7 Å². The van der Waals surface area contributed by atoms with E-state index in [1.165, 1.54) is 27.8 Å². The molecule has 0 spiro atoms. The minimum absolute atomic E-state index is 0.431. The van der Waals surface area contributed by atoms with Gasteiger partial charge in [0.05, 0.1) is 21.3 Å². The lowest BCUT2D eigenvalue weighted by Crippen LogP contribution is -2.39. The third kappa shape index (κ3) is 3.06. The van der Waals surface area contributed by atoms with Crippen molar-refractivity contribution in [2.75, 3.05) is 27.9 Å². The van der Waals surface area contributed by atoms with E-state index in [0.29, 0.717) is 6.04 Å². The van der Waals surface area contributed by atoms with Gasteiger partial charge in [-0.15, -0.1) is 0 Å². The fraction of sp³-hybridized carbons (Fsp3) is 0.478. The van der Waals surface area contributed by atoms with Gasteiger partial charge < -0.3 is 14.2 Å². The largest absolute Gasteiger partial charge is 0.496 e. The number of hydrogen-bond donors (Lipinski definition) is 0. The van der Waals surface area contributed by atoms with Crippen molar-refractivity contribution in [2.45, 2.75) is 45.2 Å². The molecule has 0 aromatic heterocycles. The minimum atomic E-state index is 0.431. The van der Waals surface area contributed by atoms with Gasteiger partial charge in [0.15, 0.2) is 11.5 Å². The number of rotatable bonds is 5. The fourth-order valence-corrected chi connectivity index (χ4v) is 4.72. The van der Waals surface area contributed by atoms with Gasteiger partial charge in [0.25, 0.3) is 0 Å².